The zero-order chi connectivity index (χ0) is 12.0. The Morgan fingerprint density at radius 1 is 1.38 bits per heavy atom. The Bertz CT molecular complexity index is 185. The molecule has 0 aromatic heterocycles. The van der Waals surface area contributed by atoms with Crippen LogP contribution in [0.2, 0.25) is 0 Å². The number of ether oxygens (including phenoxy) is 1. The molecule has 16 heavy (non-hydrogen) atoms. The largest absolute Gasteiger partial charge is 0.376 e. The van der Waals surface area contributed by atoms with Crippen molar-refractivity contribution < 1.29 is 4.74 Å². The molecule has 0 aromatic carbocycles. The summed E-state index contributed by atoms with van der Waals surface area (Å²) in [5.74, 6) is 0.749. The van der Waals surface area contributed by atoms with E-state index in [4.69, 9.17) is 4.74 Å². The van der Waals surface area contributed by atoms with Gasteiger partial charge in [-0.25, -0.2) is 0 Å². The first-order valence-electron chi connectivity index (χ1n) is 6.66. The molecule has 0 aromatic rings. The van der Waals surface area contributed by atoms with Gasteiger partial charge in [-0.15, -0.1) is 0 Å². The molecule has 1 rings (SSSR count). The summed E-state index contributed by atoms with van der Waals surface area (Å²) >= 11 is 0. The van der Waals surface area contributed by atoms with E-state index >= 15 is 0 Å². The summed E-state index contributed by atoms with van der Waals surface area (Å²) < 4.78 is 5.56. The Labute approximate surface area is 101 Å². The fraction of sp³-hybridized carbons (Fsp3) is 1.00. The SMILES string of the molecule is CC(C)CNCCC(C)N1CCOC(C)C1. The molecule has 1 aliphatic heterocycles. The van der Waals surface area contributed by atoms with Gasteiger partial charge in [0.2, 0.25) is 0 Å². The molecule has 1 heterocycles. The molecular weight excluding hydrogens is 200 g/mol. The van der Waals surface area contributed by atoms with Gasteiger partial charge >= 0.3 is 0 Å². The monoisotopic (exact) mass is 228 g/mol. The predicted octanol–water partition coefficient (Wildman–Crippen LogP) is 1.73. The molecule has 1 fully saturated rings. The van der Waals surface area contributed by atoms with Crippen LogP contribution in [-0.2, 0) is 4.74 Å². The predicted molar refractivity (Wildman–Crippen MR) is 68.8 cm³/mol. The lowest BCUT2D eigenvalue weighted by Crippen LogP contribution is -2.46. The summed E-state index contributed by atoms with van der Waals surface area (Å²) in [6.45, 7) is 14.3. The average Bonchev–Trinajstić information content (AvgIpc) is 2.24. The molecule has 2 unspecified atom stereocenters. The summed E-state index contributed by atoms with van der Waals surface area (Å²) in [5, 5.41) is 3.51. The van der Waals surface area contributed by atoms with Gasteiger partial charge in [-0.05, 0) is 39.3 Å². The third kappa shape index (κ3) is 5.28. The minimum absolute atomic E-state index is 0.403. The fourth-order valence-corrected chi connectivity index (χ4v) is 2.13. The van der Waals surface area contributed by atoms with Crippen LogP contribution in [0.25, 0.3) is 0 Å². The van der Waals surface area contributed by atoms with Crippen molar-refractivity contribution in [3.63, 3.8) is 0 Å². The average molecular weight is 228 g/mol. The minimum Gasteiger partial charge on any atom is -0.376 e. The fourth-order valence-electron chi connectivity index (χ4n) is 2.13. The maximum absolute atomic E-state index is 5.56. The molecule has 0 bridgehead atoms. The molecule has 1 saturated heterocycles. The molecule has 0 spiro atoms. The Morgan fingerprint density at radius 3 is 2.75 bits per heavy atom. The maximum Gasteiger partial charge on any atom is 0.0674 e. The van der Waals surface area contributed by atoms with Gasteiger partial charge in [-0.3, -0.25) is 4.90 Å². The Kier molecular flexibility index (Phi) is 6.32. The minimum atomic E-state index is 0.403. The van der Waals surface area contributed by atoms with Crippen molar-refractivity contribution in [2.45, 2.75) is 46.3 Å². The summed E-state index contributed by atoms with van der Waals surface area (Å²) in [4.78, 5) is 2.55. The highest BCUT2D eigenvalue weighted by molar-refractivity contribution is 4.74. The highest BCUT2D eigenvalue weighted by Gasteiger charge is 2.20. The zero-order valence-corrected chi connectivity index (χ0v) is 11.3. The van der Waals surface area contributed by atoms with Crippen LogP contribution in [-0.4, -0.2) is 49.8 Å². The van der Waals surface area contributed by atoms with E-state index in [2.05, 4.69) is 37.9 Å². The lowest BCUT2D eigenvalue weighted by molar-refractivity contribution is -0.0324. The Hall–Kier alpha value is -0.120. The number of morpholine rings is 1. The maximum atomic E-state index is 5.56. The third-order valence-electron chi connectivity index (χ3n) is 3.19. The van der Waals surface area contributed by atoms with Crippen molar-refractivity contribution in [3.8, 4) is 0 Å². The molecule has 1 N–H and O–H groups in total. The van der Waals surface area contributed by atoms with Crippen LogP contribution in [0.1, 0.15) is 34.1 Å². The van der Waals surface area contributed by atoms with Gasteiger partial charge < -0.3 is 10.1 Å². The number of nitrogens with one attached hydrogen (secondary N) is 1. The lowest BCUT2D eigenvalue weighted by Gasteiger charge is -2.35. The van der Waals surface area contributed by atoms with E-state index in [-0.39, 0.29) is 0 Å². The van der Waals surface area contributed by atoms with Crippen molar-refractivity contribution in [2.24, 2.45) is 5.92 Å². The molecule has 1 aliphatic rings. The molecule has 2 atom stereocenters. The van der Waals surface area contributed by atoms with Crippen LogP contribution in [0, 0.1) is 5.92 Å². The second-order valence-electron chi connectivity index (χ2n) is 5.41. The van der Waals surface area contributed by atoms with Gasteiger partial charge in [0.15, 0.2) is 0 Å². The van der Waals surface area contributed by atoms with Gasteiger partial charge in [-0.2, -0.15) is 0 Å². The van der Waals surface area contributed by atoms with Crippen molar-refractivity contribution in [2.75, 3.05) is 32.8 Å². The highest BCUT2D eigenvalue weighted by atomic mass is 16.5. The van der Waals surface area contributed by atoms with E-state index in [9.17, 15) is 0 Å². The van der Waals surface area contributed by atoms with E-state index in [1.807, 2.05) is 0 Å². The van der Waals surface area contributed by atoms with Crippen molar-refractivity contribution in [1.29, 1.82) is 0 Å². The second kappa shape index (κ2) is 7.25. The van der Waals surface area contributed by atoms with Crippen LogP contribution in [0.4, 0.5) is 0 Å². The number of hydrogen-bond acceptors (Lipinski definition) is 3. The van der Waals surface area contributed by atoms with Gasteiger partial charge in [0.1, 0.15) is 0 Å². The highest BCUT2D eigenvalue weighted by Crippen LogP contribution is 2.10. The van der Waals surface area contributed by atoms with E-state index in [0.717, 1.165) is 38.7 Å². The number of rotatable bonds is 6. The second-order valence-corrected chi connectivity index (χ2v) is 5.41. The van der Waals surface area contributed by atoms with Crippen LogP contribution in [0.3, 0.4) is 0 Å². The first kappa shape index (κ1) is 13.9. The zero-order valence-electron chi connectivity index (χ0n) is 11.3. The first-order valence-corrected chi connectivity index (χ1v) is 6.66. The normalized spacial score (nSPS) is 24.9. The van der Waals surface area contributed by atoms with E-state index in [0.29, 0.717) is 12.1 Å². The molecule has 0 radical (unpaired) electrons. The topological polar surface area (TPSA) is 24.5 Å². The molecule has 0 amide bonds. The van der Waals surface area contributed by atoms with Crippen LogP contribution < -0.4 is 5.32 Å². The van der Waals surface area contributed by atoms with E-state index in [1.54, 1.807) is 0 Å². The van der Waals surface area contributed by atoms with Gasteiger partial charge in [0.25, 0.3) is 0 Å². The first-order chi connectivity index (χ1) is 7.59. The van der Waals surface area contributed by atoms with Crippen molar-refractivity contribution in [1.82, 2.24) is 10.2 Å². The van der Waals surface area contributed by atoms with E-state index in [1.165, 1.54) is 6.42 Å². The standard InChI is InChI=1S/C13H28N2O/c1-11(2)9-14-6-5-12(3)15-7-8-16-13(4)10-15/h11-14H,5-10H2,1-4H3. The van der Waals surface area contributed by atoms with Crippen LogP contribution in [0.15, 0.2) is 0 Å². The Morgan fingerprint density at radius 2 is 2.12 bits per heavy atom. The van der Waals surface area contributed by atoms with Crippen LogP contribution >= 0.6 is 0 Å². The summed E-state index contributed by atoms with van der Waals surface area (Å²) in [6, 6.07) is 0.672. The van der Waals surface area contributed by atoms with Crippen molar-refractivity contribution >= 4 is 0 Å². The summed E-state index contributed by atoms with van der Waals surface area (Å²) in [7, 11) is 0. The summed E-state index contributed by atoms with van der Waals surface area (Å²) in [5.41, 5.74) is 0. The lowest BCUT2D eigenvalue weighted by atomic mass is 10.1. The Balaban J connectivity index is 2.11. The molecule has 96 valence electrons. The van der Waals surface area contributed by atoms with Gasteiger partial charge in [0, 0.05) is 19.1 Å². The molecule has 0 aliphatic carbocycles. The van der Waals surface area contributed by atoms with E-state index < -0.39 is 0 Å². The molecular formula is C13H28N2O. The quantitative estimate of drug-likeness (QED) is 0.701. The third-order valence-corrected chi connectivity index (χ3v) is 3.19. The van der Waals surface area contributed by atoms with Crippen molar-refractivity contribution in [3.05, 3.63) is 0 Å². The molecule has 3 heteroatoms. The summed E-state index contributed by atoms with van der Waals surface area (Å²) in [6.07, 6.45) is 1.64. The van der Waals surface area contributed by atoms with Gasteiger partial charge in [-0.1, -0.05) is 13.8 Å². The number of nitrogens with zero attached hydrogens (tertiary/aromatic N) is 1. The van der Waals surface area contributed by atoms with Crippen LogP contribution in [0.5, 0.6) is 0 Å². The molecule has 0 saturated carbocycles. The smallest absolute Gasteiger partial charge is 0.0674 e. The number of hydrogen-bond donors (Lipinski definition) is 1. The molecule has 3 nitrogen and oxygen atoms in total. The van der Waals surface area contributed by atoms with Gasteiger partial charge in [0.05, 0.1) is 12.7 Å².